The van der Waals surface area contributed by atoms with Crippen LogP contribution in [-0.2, 0) is 25.5 Å². The fourth-order valence-electron chi connectivity index (χ4n) is 4.67. The predicted octanol–water partition coefficient (Wildman–Crippen LogP) is 3.13. The molecule has 156 valence electrons. The number of carbonyl (C=O) groups excluding carboxylic acids is 3. The van der Waals surface area contributed by atoms with Gasteiger partial charge in [0.15, 0.2) is 0 Å². The van der Waals surface area contributed by atoms with Crippen molar-refractivity contribution in [1.82, 2.24) is 4.90 Å². The van der Waals surface area contributed by atoms with E-state index in [1.165, 1.54) is 10.5 Å². The lowest BCUT2D eigenvalue weighted by Gasteiger charge is -2.17. The summed E-state index contributed by atoms with van der Waals surface area (Å²) < 4.78 is 10.9. The molecule has 0 spiro atoms. The van der Waals surface area contributed by atoms with E-state index in [9.17, 15) is 14.4 Å². The Morgan fingerprint density at radius 2 is 1.76 bits per heavy atom. The van der Waals surface area contributed by atoms with Crippen LogP contribution in [-0.4, -0.2) is 48.2 Å². The van der Waals surface area contributed by atoms with Crippen molar-refractivity contribution < 1.29 is 23.9 Å². The van der Waals surface area contributed by atoms with Crippen LogP contribution in [0.25, 0.3) is 0 Å². The number of hydrogen-bond acceptors (Lipinski definition) is 5. The van der Waals surface area contributed by atoms with E-state index in [-0.39, 0.29) is 49.0 Å². The van der Waals surface area contributed by atoms with Gasteiger partial charge in [-0.2, -0.15) is 0 Å². The number of hydrogen-bond donors (Lipinski definition) is 1. The first-order valence-corrected chi connectivity index (χ1v) is 10.6. The number of ether oxygens (including phenoxy) is 2. The summed E-state index contributed by atoms with van der Waals surface area (Å²) in [4.78, 5) is 38.4. The number of likely N-dealkylation sites (tertiary alicyclic amines) is 1. The molecule has 4 unspecified atom stereocenters. The van der Waals surface area contributed by atoms with Crippen molar-refractivity contribution in [3.63, 3.8) is 0 Å². The molecule has 3 aliphatic rings. The van der Waals surface area contributed by atoms with Gasteiger partial charge in [0.1, 0.15) is 0 Å². The summed E-state index contributed by atoms with van der Waals surface area (Å²) in [7, 11) is 0. The topological polar surface area (TPSA) is 84.9 Å². The van der Waals surface area contributed by atoms with Crippen LogP contribution in [0, 0.1) is 11.8 Å². The van der Waals surface area contributed by atoms with Crippen LogP contribution in [0.5, 0.6) is 0 Å². The molecule has 3 fully saturated rings. The van der Waals surface area contributed by atoms with Crippen LogP contribution in [0.2, 0.25) is 0 Å². The van der Waals surface area contributed by atoms with Gasteiger partial charge in [0.25, 0.3) is 0 Å². The Morgan fingerprint density at radius 1 is 1.10 bits per heavy atom. The number of fused-ring (bicyclic) bond motifs is 5. The Labute approximate surface area is 170 Å². The molecule has 0 radical (unpaired) electrons. The van der Waals surface area contributed by atoms with Crippen molar-refractivity contribution in [2.24, 2.45) is 11.8 Å². The highest BCUT2D eigenvalue weighted by Crippen LogP contribution is 2.48. The van der Waals surface area contributed by atoms with E-state index in [1.54, 1.807) is 0 Å². The summed E-state index contributed by atoms with van der Waals surface area (Å²) in [5, 5.41) is 2.70. The van der Waals surface area contributed by atoms with Crippen LogP contribution < -0.4 is 5.32 Å². The molecule has 3 amide bonds. The van der Waals surface area contributed by atoms with E-state index in [4.69, 9.17) is 9.47 Å². The molecule has 1 aromatic carbocycles. The van der Waals surface area contributed by atoms with Gasteiger partial charge >= 0.3 is 6.09 Å². The van der Waals surface area contributed by atoms with Crippen molar-refractivity contribution in [2.45, 2.75) is 57.7 Å². The van der Waals surface area contributed by atoms with Gasteiger partial charge in [0.2, 0.25) is 11.8 Å². The molecule has 3 saturated heterocycles. The van der Waals surface area contributed by atoms with E-state index >= 15 is 0 Å². The van der Waals surface area contributed by atoms with Gasteiger partial charge in [-0.05, 0) is 49.8 Å². The number of imide groups is 1. The summed E-state index contributed by atoms with van der Waals surface area (Å²) in [6.45, 7) is 2.59. The smallest absolute Gasteiger partial charge is 0.411 e. The summed E-state index contributed by atoms with van der Waals surface area (Å²) in [6.07, 6.45) is 4.76. The van der Waals surface area contributed by atoms with Gasteiger partial charge in [-0.3, -0.25) is 19.8 Å². The van der Waals surface area contributed by atoms with E-state index < -0.39 is 6.09 Å². The highest BCUT2D eigenvalue weighted by Gasteiger charge is 2.62. The lowest BCUT2D eigenvalue weighted by Crippen LogP contribution is -2.35. The SMILES string of the molecule is CCCCc1ccc(NC(=O)OCCCN2C(=O)C3C4CCC(O4)C3C2=O)cc1. The molecule has 4 atom stereocenters. The van der Waals surface area contributed by atoms with Gasteiger partial charge in [0, 0.05) is 12.2 Å². The average Bonchev–Trinajstić information content (AvgIpc) is 3.40. The summed E-state index contributed by atoms with van der Waals surface area (Å²) in [5.41, 5.74) is 1.93. The second-order valence-electron chi connectivity index (χ2n) is 8.08. The maximum absolute atomic E-state index is 12.6. The molecule has 0 aromatic heterocycles. The number of rotatable bonds is 8. The van der Waals surface area contributed by atoms with Gasteiger partial charge in [-0.25, -0.2) is 4.79 Å². The molecule has 7 nitrogen and oxygen atoms in total. The number of carbonyl (C=O) groups is 3. The highest BCUT2D eigenvalue weighted by atomic mass is 16.5. The minimum absolute atomic E-state index is 0.0955. The molecule has 2 bridgehead atoms. The summed E-state index contributed by atoms with van der Waals surface area (Å²) in [6, 6.07) is 7.74. The second-order valence-corrected chi connectivity index (χ2v) is 8.08. The average molecular weight is 400 g/mol. The molecule has 3 aliphatic heterocycles. The third kappa shape index (κ3) is 4.01. The lowest BCUT2D eigenvalue weighted by molar-refractivity contribution is -0.142. The van der Waals surface area contributed by atoms with E-state index in [2.05, 4.69) is 12.2 Å². The number of amides is 3. The number of aryl methyl sites for hydroxylation is 1. The van der Waals surface area contributed by atoms with Crippen molar-refractivity contribution in [2.75, 3.05) is 18.5 Å². The van der Waals surface area contributed by atoms with Crippen LogP contribution in [0.1, 0.15) is 44.6 Å². The Kier molecular flexibility index (Phi) is 5.85. The first-order chi connectivity index (χ1) is 14.1. The first kappa shape index (κ1) is 19.9. The molecular weight excluding hydrogens is 372 g/mol. The summed E-state index contributed by atoms with van der Waals surface area (Å²) >= 11 is 0. The summed E-state index contributed by atoms with van der Waals surface area (Å²) in [5.74, 6) is -0.851. The zero-order valence-electron chi connectivity index (χ0n) is 16.8. The Balaban J connectivity index is 1.18. The molecule has 7 heteroatoms. The number of nitrogens with one attached hydrogen (secondary N) is 1. The maximum atomic E-state index is 12.6. The van der Waals surface area contributed by atoms with Crippen LogP contribution >= 0.6 is 0 Å². The van der Waals surface area contributed by atoms with E-state index in [1.807, 2.05) is 24.3 Å². The van der Waals surface area contributed by atoms with Gasteiger partial charge in [-0.15, -0.1) is 0 Å². The van der Waals surface area contributed by atoms with Gasteiger partial charge in [0.05, 0.1) is 30.7 Å². The fourth-order valence-corrected chi connectivity index (χ4v) is 4.67. The molecule has 4 rings (SSSR count). The van der Waals surface area contributed by atoms with Crippen molar-refractivity contribution in [3.8, 4) is 0 Å². The fraction of sp³-hybridized carbons (Fsp3) is 0.591. The van der Waals surface area contributed by atoms with Crippen molar-refractivity contribution >= 4 is 23.6 Å². The third-order valence-corrected chi connectivity index (χ3v) is 6.15. The molecule has 0 aliphatic carbocycles. The van der Waals surface area contributed by atoms with Gasteiger partial charge in [-0.1, -0.05) is 25.5 Å². The van der Waals surface area contributed by atoms with E-state index in [0.29, 0.717) is 12.1 Å². The normalized spacial score (nSPS) is 27.4. The van der Waals surface area contributed by atoms with Crippen molar-refractivity contribution in [1.29, 1.82) is 0 Å². The van der Waals surface area contributed by atoms with Crippen LogP contribution in [0.15, 0.2) is 24.3 Å². The van der Waals surface area contributed by atoms with Crippen LogP contribution in [0.3, 0.4) is 0 Å². The number of anilines is 1. The Hall–Kier alpha value is -2.41. The second kappa shape index (κ2) is 8.53. The quantitative estimate of drug-likeness (QED) is 0.535. The minimum atomic E-state index is -0.534. The molecule has 1 aromatic rings. The number of unbranched alkanes of at least 4 members (excludes halogenated alkanes) is 1. The monoisotopic (exact) mass is 400 g/mol. The van der Waals surface area contributed by atoms with Crippen LogP contribution in [0.4, 0.5) is 10.5 Å². The lowest BCUT2D eigenvalue weighted by atomic mass is 9.81. The molecule has 29 heavy (non-hydrogen) atoms. The maximum Gasteiger partial charge on any atom is 0.411 e. The molecule has 1 N–H and O–H groups in total. The van der Waals surface area contributed by atoms with Crippen molar-refractivity contribution in [3.05, 3.63) is 29.8 Å². The highest BCUT2D eigenvalue weighted by molar-refractivity contribution is 6.06. The molecule has 0 saturated carbocycles. The van der Waals surface area contributed by atoms with E-state index in [0.717, 1.165) is 32.1 Å². The first-order valence-electron chi connectivity index (χ1n) is 10.6. The molecule has 3 heterocycles. The Morgan fingerprint density at radius 3 is 2.38 bits per heavy atom. The number of nitrogens with zero attached hydrogens (tertiary/aromatic N) is 1. The Bertz CT molecular complexity index is 750. The zero-order chi connectivity index (χ0) is 20.4. The largest absolute Gasteiger partial charge is 0.449 e. The number of benzene rings is 1. The standard InChI is InChI=1S/C22H28N2O5/c1-2-3-5-14-6-8-15(9-7-14)23-22(27)28-13-4-12-24-20(25)18-16-10-11-17(29-16)19(18)21(24)26/h6-9,16-19H,2-5,10-13H2,1H3,(H,23,27). The van der Waals surface area contributed by atoms with Gasteiger partial charge < -0.3 is 9.47 Å². The predicted molar refractivity (Wildman–Crippen MR) is 106 cm³/mol. The minimum Gasteiger partial charge on any atom is -0.449 e. The zero-order valence-corrected chi connectivity index (χ0v) is 16.8. The molecular formula is C22H28N2O5. The third-order valence-electron chi connectivity index (χ3n) is 6.15.